The van der Waals surface area contributed by atoms with Crippen LogP contribution < -0.4 is 5.32 Å². The number of carbonyl (C=O) groups excluding carboxylic acids is 1. The summed E-state index contributed by atoms with van der Waals surface area (Å²) in [6.45, 7) is 0. The molecule has 0 aliphatic heterocycles. The molecule has 1 amide bonds. The third kappa shape index (κ3) is 2.77. The van der Waals surface area contributed by atoms with E-state index in [0.717, 1.165) is 5.56 Å². The molecule has 2 N–H and O–H groups in total. The quantitative estimate of drug-likeness (QED) is 0.756. The highest BCUT2D eigenvalue weighted by Gasteiger charge is 2.18. The van der Waals surface area contributed by atoms with Crippen LogP contribution >= 0.6 is 11.3 Å². The van der Waals surface area contributed by atoms with Crippen LogP contribution in [0.1, 0.15) is 18.0 Å². The van der Waals surface area contributed by atoms with Gasteiger partial charge in [0.25, 0.3) is 0 Å². The van der Waals surface area contributed by atoms with Crippen LogP contribution in [0.4, 0.5) is 5.95 Å². The van der Waals surface area contributed by atoms with Crippen molar-refractivity contribution in [2.75, 3.05) is 5.32 Å². The molecule has 6 nitrogen and oxygen atoms in total. The number of aromatic nitrogens is 4. The number of H-pyrrole nitrogens is 1. The first-order valence-electron chi connectivity index (χ1n) is 6.12. The molecule has 3 rings (SSSR count). The third-order valence-electron chi connectivity index (χ3n) is 2.97. The zero-order valence-electron chi connectivity index (χ0n) is 10.6. The number of hydrogen-bond acceptors (Lipinski definition) is 4. The Morgan fingerprint density at radius 1 is 1.45 bits per heavy atom. The van der Waals surface area contributed by atoms with Gasteiger partial charge in [0.15, 0.2) is 0 Å². The van der Waals surface area contributed by atoms with Crippen molar-refractivity contribution in [3.8, 4) is 0 Å². The number of nitrogens with one attached hydrogen (secondary N) is 2. The van der Waals surface area contributed by atoms with E-state index in [4.69, 9.17) is 0 Å². The highest BCUT2D eigenvalue weighted by molar-refractivity contribution is 7.07. The second-order valence-electron chi connectivity index (χ2n) is 4.29. The monoisotopic (exact) mass is 287 g/mol. The van der Waals surface area contributed by atoms with Crippen molar-refractivity contribution in [2.24, 2.45) is 0 Å². The van der Waals surface area contributed by atoms with Gasteiger partial charge in [-0.25, -0.2) is 5.10 Å². The van der Waals surface area contributed by atoms with Gasteiger partial charge < -0.3 is 4.57 Å². The highest BCUT2D eigenvalue weighted by atomic mass is 32.1. The van der Waals surface area contributed by atoms with E-state index in [0.29, 0.717) is 12.4 Å². The van der Waals surface area contributed by atoms with Crippen molar-refractivity contribution < 1.29 is 4.79 Å². The zero-order chi connectivity index (χ0) is 13.8. The minimum Gasteiger partial charge on any atom is -0.346 e. The molecule has 1 atom stereocenters. The molecule has 3 aromatic rings. The van der Waals surface area contributed by atoms with Crippen LogP contribution in [-0.4, -0.2) is 25.7 Å². The van der Waals surface area contributed by atoms with E-state index in [1.807, 2.05) is 40.5 Å². The molecule has 102 valence electrons. The lowest BCUT2D eigenvalue weighted by Gasteiger charge is -2.17. The molecular weight excluding hydrogens is 274 g/mol. The van der Waals surface area contributed by atoms with Gasteiger partial charge in [-0.3, -0.25) is 10.1 Å². The number of hydrogen-bond donors (Lipinski definition) is 2. The fraction of sp³-hybridized carbons (Fsp3) is 0.154. The second-order valence-corrected chi connectivity index (χ2v) is 5.07. The topological polar surface area (TPSA) is 75.6 Å². The third-order valence-corrected chi connectivity index (χ3v) is 3.67. The van der Waals surface area contributed by atoms with Crippen molar-refractivity contribution in [3.63, 3.8) is 0 Å². The number of aromatic amines is 1. The maximum Gasteiger partial charge on any atom is 0.229 e. The molecule has 0 bridgehead atoms. The van der Waals surface area contributed by atoms with Gasteiger partial charge in [0.1, 0.15) is 6.33 Å². The summed E-state index contributed by atoms with van der Waals surface area (Å²) in [5.41, 5.74) is 1.12. The van der Waals surface area contributed by atoms with Crippen LogP contribution in [0.15, 0.2) is 47.7 Å². The maximum atomic E-state index is 12.1. The predicted octanol–water partition coefficient (Wildman–Crippen LogP) is 2.29. The average molecular weight is 287 g/mol. The Labute approximate surface area is 119 Å². The SMILES string of the molecule is O=C(CC(c1ccsc1)n1cccc1)Nc1ncn[nH]1. The molecule has 0 saturated heterocycles. The summed E-state index contributed by atoms with van der Waals surface area (Å²) >= 11 is 1.62. The molecule has 0 aromatic carbocycles. The van der Waals surface area contributed by atoms with Crippen molar-refractivity contribution in [2.45, 2.75) is 12.5 Å². The Bertz CT molecular complexity index is 611. The molecular formula is C13H13N5OS. The van der Waals surface area contributed by atoms with Crippen molar-refractivity contribution in [3.05, 3.63) is 53.2 Å². The number of anilines is 1. The average Bonchev–Trinajstić information content (AvgIpc) is 3.18. The van der Waals surface area contributed by atoms with Crippen LogP contribution in [0.5, 0.6) is 0 Å². The summed E-state index contributed by atoms with van der Waals surface area (Å²) in [4.78, 5) is 16.0. The lowest BCUT2D eigenvalue weighted by Crippen LogP contribution is -2.19. The summed E-state index contributed by atoms with van der Waals surface area (Å²) in [5.74, 6) is 0.262. The molecule has 0 aliphatic carbocycles. The molecule has 3 aromatic heterocycles. The van der Waals surface area contributed by atoms with Gasteiger partial charge in [0.05, 0.1) is 12.5 Å². The second kappa shape index (κ2) is 5.70. The first-order valence-corrected chi connectivity index (χ1v) is 7.07. The van der Waals surface area contributed by atoms with Gasteiger partial charge in [0, 0.05) is 12.4 Å². The van der Waals surface area contributed by atoms with E-state index in [1.165, 1.54) is 6.33 Å². The zero-order valence-corrected chi connectivity index (χ0v) is 11.4. The van der Waals surface area contributed by atoms with Gasteiger partial charge in [-0.15, -0.1) is 0 Å². The number of carbonyl (C=O) groups is 1. The van der Waals surface area contributed by atoms with Gasteiger partial charge in [-0.2, -0.15) is 21.4 Å². The van der Waals surface area contributed by atoms with Crippen LogP contribution in [0.3, 0.4) is 0 Å². The molecule has 3 heterocycles. The van der Waals surface area contributed by atoms with Crippen molar-refractivity contribution in [1.82, 2.24) is 19.7 Å². The van der Waals surface area contributed by atoms with Gasteiger partial charge in [-0.05, 0) is 34.5 Å². The van der Waals surface area contributed by atoms with E-state index >= 15 is 0 Å². The lowest BCUT2D eigenvalue weighted by molar-refractivity contribution is -0.116. The molecule has 0 saturated carbocycles. The van der Waals surface area contributed by atoms with Crippen LogP contribution in [0, 0.1) is 0 Å². The maximum absolute atomic E-state index is 12.1. The standard InChI is InChI=1S/C13H13N5OS/c19-12(16-13-14-9-15-17-13)7-11(10-3-6-20-8-10)18-4-1-2-5-18/h1-6,8-9,11H,7H2,(H2,14,15,16,17,19). The first kappa shape index (κ1) is 12.6. The fourth-order valence-corrected chi connectivity index (χ4v) is 2.75. The molecule has 20 heavy (non-hydrogen) atoms. The van der Waals surface area contributed by atoms with Crippen LogP contribution in [0.2, 0.25) is 0 Å². The van der Waals surface area contributed by atoms with Gasteiger partial charge in [-0.1, -0.05) is 0 Å². The normalized spacial score (nSPS) is 12.2. The summed E-state index contributed by atoms with van der Waals surface area (Å²) < 4.78 is 2.03. The summed E-state index contributed by atoms with van der Waals surface area (Å²) in [7, 11) is 0. The molecule has 7 heteroatoms. The smallest absolute Gasteiger partial charge is 0.229 e. The fourth-order valence-electron chi connectivity index (χ4n) is 2.04. The van der Waals surface area contributed by atoms with Crippen molar-refractivity contribution >= 4 is 23.2 Å². The molecule has 0 aliphatic rings. The van der Waals surface area contributed by atoms with E-state index < -0.39 is 0 Å². The Hall–Kier alpha value is -2.41. The Balaban J connectivity index is 1.75. The van der Waals surface area contributed by atoms with Gasteiger partial charge in [0.2, 0.25) is 11.9 Å². The summed E-state index contributed by atoms with van der Waals surface area (Å²) in [5, 5.41) is 13.1. The number of nitrogens with zero attached hydrogens (tertiary/aromatic N) is 3. The largest absolute Gasteiger partial charge is 0.346 e. The molecule has 0 spiro atoms. The number of rotatable bonds is 5. The van der Waals surface area contributed by atoms with Crippen molar-refractivity contribution in [1.29, 1.82) is 0 Å². The van der Waals surface area contributed by atoms with Gasteiger partial charge >= 0.3 is 0 Å². The minimum atomic E-state index is -0.105. The van der Waals surface area contributed by atoms with E-state index in [2.05, 4.69) is 25.9 Å². The minimum absolute atomic E-state index is 0.0147. The number of amides is 1. The molecule has 0 radical (unpaired) electrons. The van der Waals surface area contributed by atoms with E-state index in [1.54, 1.807) is 11.3 Å². The van der Waals surface area contributed by atoms with Crippen LogP contribution in [-0.2, 0) is 4.79 Å². The summed E-state index contributed by atoms with van der Waals surface area (Å²) in [6, 6.07) is 5.93. The highest BCUT2D eigenvalue weighted by Crippen LogP contribution is 2.24. The van der Waals surface area contributed by atoms with E-state index in [9.17, 15) is 4.79 Å². The lowest BCUT2D eigenvalue weighted by atomic mass is 10.1. The number of thiophene rings is 1. The Morgan fingerprint density at radius 2 is 2.30 bits per heavy atom. The molecule has 0 fully saturated rings. The Morgan fingerprint density at radius 3 is 2.95 bits per heavy atom. The first-order chi connectivity index (χ1) is 9.83. The summed E-state index contributed by atoms with van der Waals surface area (Å²) in [6.07, 6.45) is 5.62. The van der Waals surface area contributed by atoms with Crippen LogP contribution in [0.25, 0.3) is 0 Å². The van der Waals surface area contributed by atoms with E-state index in [-0.39, 0.29) is 11.9 Å². The molecule has 1 unspecified atom stereocenters. The predicted molar refractivity (Wildman–Crippen MR) is 76.5 cm³/mol. The Kier molecular flexibility index (Phi) is 3.60.